The summed E-state index contributed by atoms with van der Waals surface area (Å²) in [7, 11) is 0. The second-order valence-electron chi connectivity index (χ2n) is 7.10. The number of rotatable bonds is 8. The van der Waals surface area contributed by atoms with Crippen LogP contribution in [0.4, 0.5) is 5.69 Å². The normalized spacial score (nSPS) is 12.9. The molecule has 1 aromatic carbocycles. The number of aromatic nitrogens is 3. The SMILES string of the molecule is Cl.Cl.NCCCCCCC(=O)Nc1ccc(Cl)c(-c2nnc3n2CCCCC3)c1. The molecule has 1 aliphatic rings. The minimum absolute atomic E-state index is 0. The molecular weight excluding hydrogens is 433 g/mol. The second kappa shape index (κ2) is 13.1. The van der Waals surface area contributed by atoms with E-state index in [0.29, 0.717) is 18.0 Å². The van der Waals surface area contributed by atoms with E-state index < -0.39 is 0 Å². The number of unbranched alkanes of at least 4 members (excludes halogenated alkanes) is 3. The Bertz CT molecular complexity index is 781. The molecule has 0 atom stereocenters. The van der Waals surface area contributed by atoms with Gasteiger partial charge in [-0.25, -0.2) is 0 Å². The van der Waals surface area contributed by atoms with Crippen molar-refractivity contribution < 1.29 is 4.79 Å². The fourth-order valence-electron chi connectivity index (χ4n) is 3.47. The first-order valence-electron chi connectivity index (χ1n) is 9.91. The van der Waals surface area contributed by atoms with E-state index in [-0.39, 0.29) is 30.7 Å². The number of carbonyl (C=O) groups is 1. The van der Waals surface area contributed by atoms with E-state index in [9.17, 15) is 4.79 Å². The third kappa shape index (κ3) is 7.14. The van der Waals surface area contributed by atoms with Crippen LogP contribution >= 0.6 is 36.4 Å². The lowest BCUT2D eigenvalue weighted by Crippen LogP contribution is -2.11. The minimum atomic E-state index is 0. The van der Waals surface area contributed by atoms with Crippen LogP contribution in [0.5, 0.6) is 0 Å². The van der Waals surface area contributed by atoms with Crippen LogP contribution in [0.3, 0.4) is 0 Å². The number of nitrogens with one attached hydrogen (secondary N) is 1. The zero-order chi connectivity index (χ0) is 19.1. The van der Waals surface area contributed by atoms with Crippen LogP contribution in [0.25, 0.3) is 11.4 Å². The van der Waals surface area contributed by atoms with Crippen molar-refractivity contribution in [1.82, 2.24) is 14.8 Å². The van der Waals surface area contributed by atoms with E-state index >= 15 is 0 Å². The van der Waals surface area contributed by atoms with Crippen molar-refractivity contribution in [2.45, 2.75) is 64.3 Å². The van der Waals surface area contributed by atoms with Crippen LogP contribution < -0.4 is 11.1 Å². The number of aryl methyl sites for hydroxylation is 1. The number of anilines is 1. The van der Waals surface area contributed by atoms with Crippen LogP contribution in [0.1, 0.15) is 57.2 Å². The summed E-state index contributed by atoms with van der Waals surface area (Å²) in [6.45, 7) is 1.62. The summed E-state index contributed by atoms with van der Waals surface area (Å²) in [4.78, 5) is 12.2. The maximum Gasteiger partial charge on any atom is 0.224 e. The molecule has 0 bridgehead atoms. The van der Waals surface area contributed by atoms with Gasteiger partial charge in [-0.2, -0.15) is 0 Å². The van der Waals surface area contributed by atoms with Crippen LogP contribution in [0.15, 0.2) is 18.2 Å². The summed E-state index contributed by atoms with van der Waals surface area (Å²) in [5, 5.41) is 12.3. The Hall–Kier alpha value is -1.34. The molecule has 0 saturated carbocycles. The van der Waals surface area contributed by atoms with Crippen molar-refractivity contribution >= 4 is 48.0 Å². The Balaban J connectivity index is 0.00000210. The first-order valence-corrected chi connectivity index (χ1v) is 10.3. The summed E-state index contributed by atoms with van der Waals surface area (Å²) in [6, 6.07) is 5.54. The highest BCUT2D eigenvalue weighted by Crippen LogP contribution is 2.31. The van der Waals surface area contributed by atoms with Gasteiger partial charge in [0.1, 0.15) is 5.82 Å². The van der Waals surface area contributed by atoms with Gasteiger partial charge in [-0.1, -0.05) is 30.9 Å². The summed E-state index contributed by atoms with van der Waals surface area (Å²) in [6.07, 6.45) is 8.94. The van der Waals surface area contributed by atoms with E-state index in [1.807, 2.05) is 18.2 Å². The van der Waals surface area contributed by atoms with Gasteiger partial charge < -0.3 is 15.6 Å². The molecule has 1 aromatic heterocycles. The molecule has 0 radical (unpaired) electrons. The number of nitrogens with zero attached hydrogens (tertiary/aromatic N) is 3. The van der Waals surface area contributed by atoms with E-state index in [0.717, 1.165) is 74.4 Å². The van der Waals surface area contributed by atoms with Crippen molar-refractivity contribution in [1.29, 1.82) is 0 Å². The third-order valence-corrected chi connectivity index (χ3v) is 5.29. The van der Waals surface area contributed by atoms with Gasteiger partial charge in [0.25, 0.3) is 0 Å². The lowest BCUT2D eigenvalue weighted by atomic mass is 10.1. The Morgan fingerprint density at radius 1 is 1.10 bits per heavy atom. The van der Waals surface area contributed by atoms with E-state index in [4.69, 9.17) is 17.3 Å². The molecular formula is C20H30Cl3N5O. The number of benzene rings is 1. The van der Waals surface area contributed by atoms with E-state index in [1.54, 1.807) is 0 Å². The first-order chi connectivity index (χ1) is 13.2. The molecule has 2 aromatic rings. The zero-order valence-electron chi connectivity index (χ0n) is 16.5. The molecule has 0 unspecified atom stereocenters. The average Bonchev–Trinajstić information content (AvgIpc) is 2.91. The predicted molar refractivity (Wildman–Crippen MR) is 123 cm³/mol. The minimum Gasteiger partial charge on any atom is -0.330 e. The molecule has 0 aliphatic carbocycles. The molecule has 2 heterocycles. The highest BCUT2D eigenvalue weighted by Gasteiger charge is 2.18. The quantitative estimate of drug-likeness (QED) is 0.539. The summed E-state index contributed by atoms with van der Waals surface area (Å²) >= 11 is 6.44. The lowest BCUT2D eigenvalue weighted by molar-refractivity contribution is -0.116. The number of amides is 1. The van der Waals surface area contributed by atoms with Gasteiger partial charge >= 0.3 is 0 Å². The topological polar surface area (TPSA) is 85.8 Å². The fourth-order valence-corrected chi connectivity index (χ4v) is 3.67. The monoisotopic (exact) mass is 461 g/mol. The van der Waals surface area contributed by atoms with Crippen LogP contribution in [-0.4, -0.2) is 27.2 Å². The smallest absolute Gasteiger partial charge is 0.224 e. The number of fused-ring (bicyclic) bond motifs is 1. The predicted octanol–water partition coefficient (Wildman–Crippen LogP) is 5.02. The molecule has 29 heavy (non-hydrogen) atoms. The Kier molecular flexibility index (Phi) is 11.6. The second-order valence-corrected chi connectivity index (χ2v) is 7.51. The van der Waals surface area contributed by atoms with Gasteiger partial charge in [-0.05, 0) is 50.4 Å². The number of hydrogen-bond acceptors (Lipinski definition) is 4. The zero-order valence-corrected chi connectivity index (χ0v) is 18.9. The van der Waals surface area contributed by atoms with Crippen molar-refractivity contribution in [2.24, 2.45) is 5.73 Å². The maximum atomic E-state index is 12.2. The van der Waals surface area contributed by atoms with Gasteiger partial charge in [-0.3, -0.25) is 4.79 Å². The lowest BCUT2D eigenvalue weighted by Gasteiger charge is -2.11. The van der Waals surface area contributed by atoms with Gasteiger partial charge in [-0.15, -0.1) is 35.0 Å². The van der Waals surface area contributed by atoms with Crippen molar-refractivity contribution in [3.05, 3.63) is 29.0 Å². The van der Waals surface area contributed by atoms with Crippen LogP contribution in [-0.2, 0) is 17.8 Å². The standard InChI is InChI=1S/C20H28ClN5O.2ClH/c21-17-11-10-15(23-19(27)9-5-1-2-6-12-22)14-16(17)20-25-24-18-8-4-3-7-13-26(18)20;;/h10-11,14H,1-9,12-13,22H2,(H,23,27);2*1H. The highest BCUT2D eigenvalue weighted by molar-refractivity contribution is 6.33. The van der Waals surface area contributed by atoms with Gasteiger partial charge in [0.05, 0.1) is 5.02 Å². The summed E-state index contributed by atoms with van der Waals surface area (Å²) < 4.78 is 2.16. The fraction of sp³-hybridized carbons (Fsp3) is 0.550. The first kappa shape index (κ1) is 25.7. The van der Waals surface area contributed by atoms with Gasteiger partial charge in [0.15, 0.2) is 5.82 Å². The summed E-state index contributed by atoms with van der Waals surface area (Å²) in [5.41, 5.74) is 7.05. The molecule has 1 aliphatic heterocycles. The molecule has 0 spiro atoms. The summed E-state index contributed by atoms with van der Waals surface area (Å²) in [5.74, 6) is 1.83. The maximum absolute atomic E-state index is 12.2. The molecule has 1 amide bonds. The number of nitrogens with two attached hydrogens (primary N) is 1. The third-order valence-electron chi connectivity index (χ3n) is 4.96. The van der Waals surface area contributed by atoms with Gasteiger partial charge in [0, 0.05) is 30.6 Å². The van der Waals surface area contributed by atoms with Crippen LogP contribution in [0.2, 0.25) is 5.02 Å². The van der Waals surface area contributed by atoms with E-state index in [2.05, 4.69) is 20.1 Å². The molecule has 0 fully saturated rings. The molecule has 6 nitrogen and oxygen atoms in total. The van der Waals surface area contributed by atoms with E-state index in [1.165, 1.54) is 6.42 Å². The molecule has 3 N–H and O–H groups in total. The number of halogens is 3. The Labute approximate surface area is 189 Å². The van der Waals surface area contributed by atoms with Crippen molar-refractivity contribution in [3.8, 4) is 11.4 Å². The Morgan fingerprint density at radius 2 is 1.90 bits per heavy atom. The average molecular weight is 463 g/mol. The number of carbonyl (C=O) groups excluding carboxylic acids is 1. The Morgan fingerprint density at radius 3 is 2.69 bits per heavy atom. The van der Waals surface area contributed by atoms with Crippen molar-refractivity contribution in [3.63, 3.8) is 0 Å². The van der Waals surface area contributed by atoms with Crippen LogP contribution in [0, 0.1) is 0 Å². The van der Waals surface area contributed by atoms with Crippen molar-refractivity contribution in [2.75, 3.05) is 11.9 Å². The molecule has 162 valence electrons. The molecule has 9 heteroatoms. The molecule has 0 saturated heterocycles. The highest BCUT2D eigenvalue weighted by atomic mass is 35.5. The van der Waals surface area contributed by atoms with Gasteiger partial charge in [0.2, 0.25) is 5.91 Å². The molecule has 3 rings (SSSR count). The largest absolute Gasteiger partial charge is 0.330 e. The number of hydrogen-bond donors (Lipinski definition) is 2.